The topological polar surface area (TPSA) is 33.7 Å². The van der Waals surface area contributed by atoms with E-state index in [9.17, 15) is 0 Å². The van der Waals surface area contributed by atoms with E-state index >= 15 is 0 Å². The van der Waals surface area contributed by atoms with E-state index < -0.39 is 0 Å². The number of hydrogen-bond acceptors (Lipinski definition) is 4. The molecule has 0 spiro atoms. The molecule has 0 aromatic heterocycles. The summed E-state index contributed by atoms with van der Waals surface area (Å²) in [6.45, 7) is 7.74. The summed E-state index contributed by atoms with van der Waals surface area (Å²) in [6.07, 6.45) is 2.37. The van der Waals surface area contributed by atoms with E-state index in [1.165, 1.54) is 18.4 Å². The molecule has 0 aliphatic heterocycles. The zero-order chi connectivity index (χ0) is 15.7. The highest BCUT2D eigenvalue weighted by molar-refractivity contribution is 5.43. The van der Waals surface area contributed by atoms with E-state index in [4.69, 9.17) is 9.47 Å². The highest BCUT2D eigenvalue weighted by atomic mass is 16.5. The summed E-state index contributed by atoms with van der Waals surface area (Å²) in [6, 6.07) is 6.44. The van der Waals surface area contributed by atoms with Crippen LogP contribution in [0.4, 0.5) is 0 Å². The maximum atomic E-state index is 5.41. The van der Waals surface area contributed by atoms with Gasteiger partial charge in [0, 0.05) is 12.6 Å². The number of methoxy groups -OCH3 is 2. The normalized spacial score (nSPS) is 12.5. The Morgan fingerprint density at radius 3 is 2.14 bits per heavy atom. The van der Waals surface area contributed by atoms with Gasteiger partial charge in [0.1, 0.15) is 0 Å². The van der Waals surface area contributed by atoms with Crippen LogP contribution in [0.1, 0.15) is 38.3 Å². The van der Waals surface area contributed by atoms with Crippen molar-refractivity contribution in [1.82, 2.24) is 10.2 Å². The zero-order valence-electron chi connectivity index (χ0n) is 14.1. The number of nitrogens with zero attached hydrogens (tertiary/aromatic N) is 1. The van der Waals surface area contributed by atoms with Crippen LogP contribution in [0, 0.1) is 0 Å². The molecule has 1 unspecified atom stereocenters. The van der Waals surface area contributed by atoms with Crippen molar-refractivity contribution in [2.24, 2.45) is 0 Å². The molecule has 0 saturated heterocycles. The van der Waals surface area contributed by atoms with E-state index in [0.717, 1.165) is 31.1 Å². The van der Waals surface area contributed by atoms with Crippen molar-refractivity contribution in [1.29, 1.82) is 0 Å². The molecular weight excluding hydrogens is 264 g/mol. The minimum absolute atomic E-state index is 0.294. The Hall–Kier alpha value is -1.26. The van der Waals surface area contributed by atoms with E-state index in [1.807, 2.05) is 13.1 Å². The van der Waals surface area contributed by atoms with Crippen LogP contribution in [0.2, 0.25) is 0 Å². The number of rotatable bonds is 10. The van der Waals surface area contributed by atoms with E-state index in [-0.39, 0.29) is 0 Å². The molecule has 0 saturated carbocycles. The Labute approximate surface area is 129 Å². The molecule has 120 valence electrons. The van der Waals surface area contributed by atoms with Gasteiger partial charge in [-0.1, -0.05) is 19.9 Å². The maximum Gasteiger partial charge on any atom is 0.161 e. The van der Waals surface area contributed by atoms with Crippen LogP contribution in [0.3, 0.4) is 0 Å². The lowest BCUT2D eigenvalue weighted by atomic mass is 10.1. The highest BCUT2D eigenvalue weighted by Crippen LogP contribution is 2.30. The lowest BCUT2D eigenvalue weighted by molar-refractivity contribution is 0.246. The predicted molar refractivity (Wildman–Crippen MR) is 88.4 cm³/mol. The monoisotopic (exact) mass is 294 g/mol. The van der Waals surface area contributed by atoms with Crippen molar-refractivity contribution < 1.29 is 9.47 Å². The first-order chi connectivity index (χ1) is 10.2. The van der Waals surface area contributed by atoms with Gasteiger partial charge in [-0.15, -0.1) is 0 Å². The molecular formula is C17H30N2O2. The fourth-order valence-electron chi connectivity index (χ4n) is 2.62. The fourth-order valence-corrected chi connectivity index (χ4v) is 2.62. The van der Waals surface area contributed by atoms with Gasteiger partial charge in [-0.2, -0.15) is 0 Å². The molecule has 1 atom stereocenters. The third kappa shape index (κ3) is 5.21. The standard InChI is InChI=1S/C17H30N2O2/c1-6-10-19(11-7-2)13-15(18-3)14-8-9-16(20-4)17(12-14)21-5/h8-9,12,15,18H,6-7,10-11,13H2,1-5H3. The van der Waals surface area contributed by atoms with Crippen molar-refractivity contribution >= 4 is 0 Å². The molecule has 1 rings (SSSR count). The molecule has 0 radical (unpaired) electrons. The van der Waals surface area contributed by atoms with E-state index in [0.29, 0.717) is 6.04 Å². The van der Waals surface area contributed by atoms with E-state index in [1.54, 1.807) is 14.2 Å². The van der Waals surface area contributed by atoms with Gasteiger partial charge in [-0.05, 0) is 50.7 Å². The SMILES string of the molecule is CCCN(CCC)CC(NC)c1ccc(OC)c(OC)c1. The second-order valence-corrected chi connectivity index (χ2v) is 5.26. The average Bonchev–Trinajstić information content (AvgIpc) is 2.52. The summed E-state index contributed by atoms with van der Waals surface area (Å²) < 4.78 is 10.7. The summed E-state index contributed by atoms with van der Waals surface area (Å²) in [5.41, 5.74) is 1.23. The third-order valence-electron chi connectivity index (χ3n) is 3.68. The molecule has 1 aromatic carbocycles. The Balaban J connectivity index is 2.87. The third-order valence-corrected chi connectivity index (χ3v) is 3.68. The van der Waals surface area contributed by atoms with Crippen molar-refractivity contribution in [3.05, 3.63) is 23.8 Å². The first-order valence-corrected chi connectivity index (χ1v) is 7.81. The Morgan fingerprint density at radius 1 is 1.05 bits per heavy atom. The molecule has 0 aliphatic carbocycles. The molecule has 0 amide bonds. The smallest absolute Gasteiger partial charge is 0.161 e. The Bertz CT molecular complexity index is 404. The van der Waals surface area contributed by atoms with Gasteiger partial charge in [0.15, 0.2) is 11.5 Å². The molecule has 1 N–H and O–H groups in total. The average molecular weight is 294 g/mol. The van der Waals surface area contributed by atoms with Crippen molar-refractivity contribution in [3.8, 4) is 11.5 Å². The molecule has 0 aliphatic rings. The minimum atomic E-state index is 0.294. The summed E-state index contributed by atoms with van der Waals surface area (Å²) >= 11 is 0. The van der Waals surface area contributed by atoms with Gasteiger partial charge in [0.05, 0.1) is 14.2 Å². The second-order valence-electron chi connectivity index (χ2n) is 5.26. The first kappa shape index (κ1) is 17.8. The van der Waals surface area contributed by atoms with Crippen molar-refractivity contribution in [3.63, 3.8) is 0 Å². The highest BCUT2D eigenvalue weighted by Gasteiger charge is 2.16. The Morgan fingerprint density at radius 2 is 1.67 bits per heavy atom. The second kappa shape index (κ2) is 9.64. The van der Waals surface area contributed by atoms with Gasteiger partial charge < -0.3 is 19.7 Å². The quantitative estimate of drug-likeness (QED) is 0.719. The van der Waals surface area contributed by atoms with E-state index in [2.05, 4.69) is 36.2 Å². The maximum absolute atomic E-state index is 5.41. The van der Waals surface area contributed by atoms with Crippen LogP contribution in [-0.2, 0) is 0 Å². The van der Waals surface area contributed by atoms with Crippen LogP contribution in [0.5, 0.6) is 11.5 Å². The van der Waals surface area contributed by atoms with Gasteiger partial charge in [-0.25, -0.2) is 0 Å². The molecule has 4 heteroatoms. The molecule has 0 heterocycles. The largest absolute Gasteiger partial charge is 0.493 e. The molecule has 1 aromatic rings. The number of hydrogen-bond donors (Lipinski definition) is 1. The summed E-state index contributed by atoms with van der Waals surface area (Å²) in [7, 11) is 5.35. The fraction of sp³-hybridized carbons (Fsp3) is 0.647. The molecule has 4 nitrogen and oxygen atoms in total. The van der Waals surface area contributed by atoms with Gasteiger partial charge >= 0.3 is 0 Å². The van der Waals surface area contributed by atoms with Crippen LogP contribution in [-0.4, -0.2) is 45.8 Å². The number of nitrogens with one attached hydrogen (secondary N) is 1. The predicted octanol–water partition coefficient (Wildman–Crippen LogP) is 3.09. The van der Waals surface area contributed by atoms with Crippen LogP contribution < -0.4 is 14.8 Å². The van der Waals surface area contributed by atoms with Gasteiger partial charge in [0.25, 0.3) is 0 Å². The molecule has 0 fully saturated rings. The number of likely N-dealkylation sites (N-methyl/N-ethyl adjacent to an activating group) is 1. The van der Waals surface area contributed by atoms with Crippen LogP contribution in [0.25, 0.3) is 0 Å². The van der Waals surface area contributed by atoms with Crippen molar-refractivity contribution in [2.75, 3.05) is 40.9 Å². The lowest BCUT2D eigenvalue weighted by Gasteiger charge is -2.27. The number of ether oxygens (including phenoxy) is 2. The summed E-state index contributed by atoms with van der Waals surface area (Å²) in [5, 5.41) is 3.42. The van der Waals surface area contributed by atoms with Crippen LogP contribution >= 0.6 is 0 Å². The molecule has 21 heavy (non-hydrogen) atoms. The van der Waals surface area contributed by atoms with Crippen LogP contribution in [0.15, 0.2) is 18.2 Å². The van der Waals surface area contributed by atoms with Gasteiger partial charge in [-0.3, -0.25) is 0 Å². The lowest BCUT2D eigenvalue weighted by Crippen LogP contribution is -2.35. The Kier molecular flexibility index (Phi) is 8.16. The minimum Gasteiger partial charge on any atom is -0.493 e. The van der Waals surface area contributed by atoms with Crippen molar-refractivity contribution in [2.45, 2.75) is 32.7 Å². The van der Waals surface area contributed by atoms with Gasteiger partial charge in [0.2, 0.25) is 0 Å². The summed E-state index contributed by atoms with van der Waals surface area (Å²) in [5.74, 6) is 1.56. The first-order valence-electron chi connectivity index (χ1n) is 7.81. The summed E-state index contributed by atoms with van der Waals surface area (Å²) in [4.78, 5) is 2.51. The molecule has 0 bridgehead atoms. The number of benzene rings is 1. The zero-order valence-corrected chi connectivity index (χ0v) is 14.1.